The summed E-state index contributed by atoms with van der Waals surface area (Å²) in [4.78, 5) is 15.4. The van der Waals surface area contributed by atoms with Gasteiger partial charge in [-0.25, -0.2) is 0 Å². The van der Waals surface area contributed by atoms with Crippen LogP contribution in [-0.4, -0.2) is 53.0 Å². The molecule has 1 saturated heterocycles. The highest BCUT2D eigenvalue weighted by atomic mass is 32.1. The van der Waals surface area contributed by atoms with Crippen LogP contribution in [0.15, 0.2) is 0 Å². The third kappa shape index (κ3) is 2.71. The molecule has 3 rings (SSSR count). The van der Waals surface area contributed by atoms with Gasteiger partial charge in [0.15, 0.2) is 5.11 Å². The highest BCUT2D eigenvalue weighted by molar-refractivity contribution is 7.80. The summed E-state index contributed by atoms with van der Waals surface area (Å²) in [5, 5.41) is 4.48. The Morgan fingerprint density at radius 1 is 1.11 bits per heavy atom. The molecular formula is C14H23N3OS. The van der Waals surface area contributed by atoms with Crippen LogP contribution in [0.2, 0.25) is 0 Å². The molecule has 0 radical (unpaired) electrons. The van der Waals surface area contributed by atoms with E-state index in [-0.39, 0.29) is 5.91 Å². The number of carbonyl (C=O) groups is 1. The minimum absolute atomic E-state index is 0.173. The van der Waals surface area contributed by atoms with E-state index in [1.807, 2.05) is 4.90 Å². The number of fused-ring (bicyclic) bond motifs is 2. The Kier molecular flexibility index (Phi) is 3.65. The zero-order chi connectivity index (χ0) is 13.4. The maximum absolute atomic E-state index is 11.3. The third-order valence-corrected chi connectivity index (χ3v) is 5.44. The van der Waals surface area contributed by atoms with Crippen LogP contribution >= 0.6 is 12.2 Å². The molecule has 5 heteroatoms. The summed E-state index contributed by atoms with van der Waals surface area (Å²) in [6.45, 7) is 4.97. The molecule has 0 unspecified atom stereocenters. The Morgan fingerprint density at radius 2 is 1.79 bits per heavy atom. The van der Waals surface area contributed by atoms with Gasteiger partial charge in [-0.05, 0) is 43.3 Å². The summed E-state index contributed by atoms with van der Waals surface area (Å²) in [7, 11) is 0. The number of thiocarbonyl (C=S) groups is 1. The van der Waals surface area contributed by atoms with Crippen LogP contribution < -0.4 is 5.32 Å². The minimum atomic E-state index is 0.173. The van der Waals surface area contributed by atoms with Gasteiger partial charge in [-0.3, -0.25) is 4.79 Å². The fourth-order valence-electron chi connectivity index (χ4n) is 3.90. The molecule has 0 spiro atoms. The Labute approximate surface area is 120 Å². The monoisotopic (exact) mass is 281 g/mol. The molecule has 0 aromatic carbocycles. The lowest BCUT2D eigenvalue weighted by Gasteiger charge is -2.37. The van der Waals surface area contributed by atoms with Crippen molar-refractivity contribution in [2.45, 2.75) is 38.6 Å². The summed E-state index contributed by atoms with van der Waals surface area (Å²) >= 11 is 5.54. The first-order chi connectivity index (χ1) is 9.13. The Morgan fingerprint density at radius 3 is 2.32 bits per heavy atom. The van der Waals surface area contributed by atoms with E-state index < -0.39 is 0 Å². The van der Waals surface area contributed by atoms with E-state index in [1.54, 1.807) is 6.92 Å². The molecule has 2 aliphatic carbocycles. The molecule has 4 nitrogen and oxygen atoms in total. The number of hydrogen-bond acceptors (Lipinski definition) is 2. The van der Waals surface area contributed by atoms with Crippen LogP contribution in [0.3, 0.4) is 0 Å². The van der Waals surface area contributed by atoms with Crippen LogP contribution in [0, 0.1) is 11.8 Å². The summed E-state index contributed by atoms with van der Waals surface area (Å²) < 4.78 is 0. The fourth-order valence-corrected chi connectivity index (χ4v) is 4.23. The molecular weight excluding hydrogens is 258 g/mol. The Hall–Kier alpha value is -0.840. The number of piperazine rings is 1. The molecule has 0 aromatic rings. The Balaban J connectivity index is 1.48. The number of nitrogens with one attached hydrogen (secondary N) is 1. The van der Waals surface area contributed by atoms with Crippen LogP contribution in [0.4, 0.5) is 0 Å². The second-order valence-electron chi connectivity index (χ2n) is 6.22. The zero-order valence-electron chi connectivity index (χ0n) is 11.6. The largest absolute Gasteiger partial charge is 0.360 e. The van der Waals surface area contributed by atoms with E-state index in [4.69, 9.17) is 12.2 Å². The molecule has 3 atom stereocenters. The van der Waals surface area contributed by atoms with Gasteiger partial charge >= 0.3 is 0 Å². The van der Waals surface area contributed by atoms with Crippen LogP contribution in [-0.2, 0) is 4.79 Å². The van der Waals surface area contributed by atoms with Crippen molar-refractivity contribution in [3.8, 4) is 0 Å². The van der Waals surface area contributed by atoms with Gasteiger partial charge in [0.25, 0.3) is 0 Å². The summed E-state index contributed by atoms with van der Waals surface area (Å²) in [5.41, 5.74) is 0. The first kappa shape index (κ1) is 13.2. The van der Waals surface area contributed by atoms with Gasteiger partial charge < -0.3 is 15.1 Å². The van der Waals surface area contributed by atoms with Crippen LogP contribution in [0.1, 0.15) is 32.6 Å². The molecule has 19 heavy (non-hydrogen) atoms. The van der Waals surface area contributed by atoms with Crippen molar-refractivity contribution in [1.29, 1.82) is 0 Å². The Bertz CT molecular complexity index is 379. The molecule has 106 valence electrons. The molecule has 3 aliphatic rings. The van der Waals surface area contributed by atoms with Gasteiger partial charge in [0.05, 0.1) is 0 Å². The summed E-state index contributed by atoms with van der Waals surface area (Å²) in [6.07, 6.45) is 5.51. The van der Waals surface area contributed by atoms with E-state index >= 15 is 0 Å². The lowest BCUT2D eigenvalue weighted by molar-refractivity contribution is -0.130. The van der Waals surface area contributed by atoms with Gasteiger partial charge in [0.2, 0.25) is 5.91 Å². The topological polar surface area (TPSA) is 35.6 Å². The van der Waals surface area contributed by atoms with Gasteiger partial charge in [-0.15, -0.1) is 0 Å². The molecule has 1 amide bonds. The van der Waals surface area contributed by atoms with Crippen LogP contribution in [0.25, 0.3) is 0 Å². The number of amides is 1. The van der Waals surface area contributed by atoms with Crippen molar-refractivity contribution < 1.29 is 4.79 Å². The molecule has 2 bridgehead atoms. The van der Waals surface area contributed by atoms with E-state index in [9.17, 15) is 4.79 Å². The van der Waals surface area contributed by atoms with E-state index in [0.717, 1.165) is 43.1 Å². The third-order valence-electron chi connectivity index (χ3n) is 5.06. The number of rotatable bonds is 1. The van der Waals surface area contributed by atoms with E-state index in [2.05, 4.69) is 10.2 Å². The van der Waals surface area contributed by atoms with E-state index in [0.29, 0.717) is 6.04 Å². The number of nitrogens with zero attached hydrogens (tertiary/aromatic N) is 2. The molecule has 0 aromatic heterocycles. The molecule has 1 heterocycles. The van der Waals surface area contributed by atoms with Gasteiger partial charge in [0, 0.05) is 39.1 Å². The maximum Gasteiger partial charge on any atom is 0.219 e. The first-order valence-electron chi connectivity index (χ1n) is 7.44. The predicted octanol–water partition coefficient (Wildman–Crippen LogP) is 1.21. The molecule has 1 aliphatic heterocycles. The molecule has 1 N–H and O–H groups in total. The highest BCUT2D eigenvalue weighted by Gasteiger charge is 2.40. The lowest BCUT2D eigenvalue weighted by atomic mass is 9.95. The average Bonchev–Trinajstić information content (AvgIpc) is 3.01. The number of carbonyl (C=O) groups excluding carboxylic acids is 1. The normalized spacial score (nSPS) is 33.6. The second kappa shape index (κ2) is 5.27. The number of hydrogen-bond donors (Lipinski definition) is 1. The first-order valence-corrected chi connectivity index (χ1v) is 7.85. The van der Waals surface area contributed by atoms with Crippen molar-refractivity contribution >= 4 is 23.2 Å². The smallest absolute Gasteiger partial charge is 0.219 e. The predicted molar refractivity (Wildman–Crippen MR) is 78.8 cm³/mol. The van der Waals surface area contributed by atoms with Crippen molar-refractivity contribution in [3.63, 3.8) is 0 Å². The summed E-state index contributed by atoms with van der Waals surface area (Å²) in [5.74, 6) is 1.97. The van der Waals surface area contributed by atoms with Crippen molar-refractivity contribution in [2.24, 2.45) is 11.8 Å². The second-order valence-corrected chi connectivity index (χ2v) is 6.61. The van der Waals surface area contributed by atoms with Gasteiger partial charge in [0.1, 0.15) is 0 Å². The quantitative estimate of drug-likeness (QED) is 0.733. The highest BCUT2D eigenvalue weighted by Crippen LogP contribution is 2.44. The SMILES string of the molecule is CC(=O)N1CCN(C(=S)N[C@H]2C[C@H]3CC[C@H]2C3)CC1. The average molecular weight is 281 g/mol. The fraction of sp³-hybridized carbons (Fsp3) is 0.857. The maximum atomic E-state index is 11.3. The van der Waals surface area contributed by atoms with Crippen molar-refractivity contribution in [1.82, 2.24) is 15.1 Å². The molecule has 3 fully saturated rings. The van der Waals surface area contributed by atoms with Crippen molar-refractivity contribution in [3.05, 3.63) is 0 Å². The van der Waals surface area contributed by atoms with E-state index in [1.165, 1.54) is 25.7 Å². The van der Waals surface area contributed by atoms with Gasteiger partial charge in [-0.2, -0.15) is 0 Å². The van der Waals surface area contributed by atoms with Crippen molar-refractivity contribution in [2.75, 3.05) is 26.2 Å². The zero-order valence-corrected chi connectivity index (χ0v) is 12.4. The molecule has 2 saturated carbocycles. The van der Waals surface area contributed by atoms with Gasteiger partial charge in [-0.1, -0.05) is 6.42 Å². The lowest BCUT2D eigenvalue weighted by Crippen LogP contribution is -2.54. The van der Waals surface area contributed by atoms with Crippen LogP contribution in [0.5, 0.6) is 0 Å². The minimum Gasteiger partial charge on any atom is -0.360 e. The standard InChI is InChI=1S/C14H23N3OS/c1-10(18)16-4-6-17(7-5-16)14(19)15-13-9-11-2-3-12(13)8-11/h11-13H,2-9H2,1H3,(H,15,19)/t11-,12-,13-/m0/s1. The summed E-state index contributed by atoms with van der Waals surface area (Å²) in [6, 6.07) is 0.608.